The molecule has 3 rings (SSSR count). The largest absolute Gasteiger partial charge is 0.379 e. The van der Waals surface area contributed by atoms with Crippen molar-refractivity contribution in [2.75, 3.05) is 52.5 Å². The molecule has 3 heterocycles. The number of piperidine rings is 1. The molecule has 0 saturated carbocycles. The first-order chi connectivity index (χ1) is 13.7. The Morgan fingerprint density at radius 2 is 2.18 bits per heavy atom. The maximum Gasteiger partial charge on any atom is 0.224 e. The van der Waals surface area contributed by atoms with Gasteiger partial charge in [0.25, 0.3) is 0 Å². The van der Waals surface area contributed by atoms with Crippen molar-refractivity contribution in [2.24, 2.45) is 5.92 Å². The number of carbonyl (C=O) groups is 2. The monoisotopic (exact) mass is 408 g/mol. The van der Waals surface area contributed by atoms with Crippen molar-refractivity contribution >= 4 is 23.2 Å². The summed E-state index contributed by atoms with van der Waals surface area (Å²) in [7, 11) is 0. The van der Waals surface area contributed by atoms with Crippen LogP contribution in [0.1, 0.15) is 36.9 Å². The van der Waals surface area contributed by atoms with Crippen LogP contribution in [-0.2, 0) is 27.2 Å². The second-order valence-electron chi connectivity index (χ2n) is 7.51. The molecule has 2 saturated heterocycles. The molecule has 0 aliphatic carbocycles. The molecule has 2 amide bonds. The third-order valence-corrected chi connectivity index (χ3v) is 6.43. The summed E-state index contributed by atoms with van der Waals surface area (Å²) in [4.78, 5) is 33.6. The first-order valence-corrected chi connectivity index (χ1v) is 11.3. The first-order valence-electron chi connectivity index (χ1n) is 10.4. The molecule has 2 aliphatic heterocycles. The molecule has 156 valence electrons. The zero-order valence-corrected chi connectivity index (χ0v) is 17.6. The van der Waals surface area contributed by atoms with Gasteiger partial charge in [-0.1, -0.05) is 6.92 Å². The van der Waals surface area contributed by atoms with Gasteiger partial charge in [-0.3, -0.25) is 14.5 Å². The quantitative estimate of drug-likeness (QED) is 0.667. The van der Waals surface area contributed by atoms with Gasteiger partial charge in [-0.25, -0.2) is 4.98 Å². The third kappa shape index (κ3) is 6.25. The van der Waals surface area contributed by atoms with Crippen LogP contribution in [0.3, 0.4) is 0 Å². The van der Waals surface area contributed by atoms with Crippen LogP contribution in [0.25, 0.3) is 0 Å². The summed E-state index contributed by atoms with van der Waals surface area (Å²) < 4.78 is 5.37. The van der Waals surface area contributed by atoms with E-state index in [1.165, 1.54) is 0 Å². The molecule has 0 unspecified atom stereocenters. The van der Waals surface area contributed by atoms with Crippen molar-refractivity contribution in [1.29, 1.82) is 0 Å². The number of morpholine rings is 1. The molecule has 1 aromatic rings. The normalized spacial score (nSPS) is 21.1. The van der Waals surface area contributed by atoms with Gasteiger partial charge in [-0.2, -0.15) is 0 Å². The van der Waals surface area contributed by atoms with E-state index in [1.54, 1.807) is 11.3 Å². The van der Waals surface area contributed by atoms with Crippen molar-refractivity contribution < 1.29 is 14.3 Å². The average Bonchev–Trinajstić information content (AvgIpc) is 3.18. The minimum Gasteiger partial charge on any atom is -0.379 e. The van der Waals surface area contributed by atoms with Gasteiger partial charge in [-0.15, -0.1) is 11.3 Å². The number of thiazole rings is 1. The van der Waals surface area contributed by atoms with Crippen molar-refractivity contribution in [1.82, 2.24) is 20.1 Å². The number of likely N-dealkylation sites (tertiary alicyclic amines) is 1. The summed E-state index contributed by atoms with van der Waals surface area (Å²) in [6.07, 6.45) is 3.79. The number of carbonyl (C=O) groups excluding carboxylic acids is 2. The number of hydrogen-bond acceptors (Lipinski definition) is 6. The van der Waals surface area contributed by atoms with E-state index in [0.717, 1.165) is 69.4 Å². The van der Waals surface area contributed by atoms with Crippen molar-refractivity contribution in [3.63, 3.8) is 0 Å². The number of ether oxygens (including phenoxy) is 1. The standard InChI is InChI=1S/C20H32N4O3S/c1-2-17-15-28-18(22-17)6-7-21-20(26)16-4-5-19(25)24(14-16)9-3-8-23-10-12-27-13-11-23/h15-16H,2-14H2,1H3,(H,21,26)/t16-/m1/s1. The Morgan fingerprint density at radius 1 is 1.36 bits per heavy atom. The van der Waals surface area contributed by atoms with Crippen LogP contribution in [-0.4, -0.2) is 79.1 Å². The summed E-state index contributed by atoms with van der Waals surface area (Å²) in [5.41, 5.74) is 1.12. The van der Waals surface area contributed by atoms with E-state index in [9.17, 15) is 9.59 Å². The number of rotatable bonds is 9. The van der Waals surface area contributed by atoms with Crippen molar-refractivity contribution in [3.05, 3.63) is 16.1 Å². The van der Waals surface area contributed by atoms with Gasteiger partial charge in [0.05, 0.1) is 29.8 Å². The summed E-state index contributed by atoms with van der Waals surface area (Å²) in [6, 6.07) is 0. The van der Waals surface area contributed by atoms with E-state index in [4.69, 9.17) is 4.74 Å². The molecule has 2 aliphatic rings. The molecule has 0 spiro atoms. The van der Waals surface area contributed by atoms with Crippen molar-refractivity contribution in [3.8, 4) is 0 Å². The van der Waals surface area contributed by atoms with Crippen LogP contribution in [0.15, 0.2) is 5.38 Å². The fraction of sp³-hybridized carbons (Fsp3) is 0.750. The molecular weight excluding hydrogens is 376 g/mol. The molecule has 8 heteroatoms. The Morgan fingerprint density at radius 3 is 2.93 bits per heavy atom. The summed E-state index contributed by atoms with van der Waals surface area (Å²) in [6.45, 7) is 8.50. The lowest BCUT2D eigenvalue weighted by Crippen LogP contribution is -2.47. The summed E-state index contributed by atoms with van der Waals surface area (Å²) in [5.74, 6) is 0.155. The van der Waals surface area contributed by atoms with Gasteiger partial charge in [0.2, 0.25) is 11.8 Å². The summed E-state index contributed by atoms with van der Waals surface area (Å²) in [5, 5.41) is 6.19. The second-order valence-corrected chi connectivity index (χ2v) is 8.45. The molecule has 7 nitrogen and oxygen atoms in total. The third-order valence-electron chi connectivity index (χ3n) is 5.48. The number of nitrogens with one attached hydrogen (secondary N) is 1. The van der Waals surface area contributed by atoms with E-state index < -0.39 is 0 Å². The number of amides is 2. The molecule has 0 aromatic carbocycles. The maximum absolute atomic E-state index is 12.5. The lowest BCUT2D eigenvalue weighted by Gasteiger charge is -2.33. The molecule has 1 N–H and O–H groups in total. The second kappa shape index (κ2) is 10.9. The Bertz CT molecular complexity index is 645. The predicted octanol–water partition coefficient (Wildman–Crippen LogP) is 1.33. The maximum atomic E-state index is 12.5. The highest BCUT2D eigenvalue weighted by molar-refractivity contribution is 7.09. The zero-order chi connectivity index (χ0) is 19.8. The van der Waals surface area contributed by atoms with Crippen LogP contribution in [0, 0.1) is 5.92 Å². The van der Waals surface area contributed by atoms with Gasteiger partial charge < -0.3 is 15.0 Å². The fourth-order valence-corrected chi connectivity index (χ4v) is 4.60. The van der Waals surface area contributed by atoms with Crippen molar-refractivity contribution in [2.45, 2.75) is 39.0 Å². The van der Waals surface area contributed by atoms with Gasteiger partial charge in [-0.05, 0) is 19.3 Å². The van der Waals surface area contributed by atoms with E-state index in [-0.39, 0.29) is 17.7 Å². The van der Waals surface area contributed by atoms with Crippen LogP contribution in [0.4, 0.5) is 0 Å². The minimum absolute atomic E-state index is 0.0675. The Hall–Kier alpha value is -1.51. The minimum atomic E-state index is -0.0939. The van der Waals surface area contributed by atoms with E-state index >= 15 is 0 Å². The van der Waals surface area contributed by atoms with Gasteiger partial charge in [0.15, 0.2) is 0 Å². The van der Waals surface area contributed by atoms with E-state index in [0.29, 0.717) is 25.9 Å². The highest BCUT2D eigenvalue weighted by Gasteiger charge is 2.29. The van der Waals surface area contributed by atoms with Gasteiger partial charge in [0.1, 0.15) is 0 Å². The van der Waals surface area contributed by atoms with Gasteiger partial charge in [0, 0.05) is 57.5 Å². The molecular formula is C20H32N4O3S. The smallest absolute Gasteiger partial charge is 0.224 e. The Labute approximate surface area is 171 Å². The SMILES string of the molecule is CCc1csc(CCNC(=O)[C@@H]2CCC(=O)N(CCCN3CCOCC3)C2)n1. The topological polar surface area (TPSA) is 74.8 Å². The number of aryl methyl sites for hydroxylation is 1. The predicted molar refractivity (Wildman–Crippen MR) is 109 cm³/mol. The van der Waals surface area contributed by atoms with Gasteiger partial charge >= 0.3 is 0 Å². The molecule has 28 heavy (non-hydrogen) atoms. The van der Waals surface area contributed by atoms with Crippen LogP contribution < -0.4 is 5.32 Å². The zero-order valence-electron chi connectivity index (χ0n) is 16.8. The van der Waals surface area contributed by atoms with Crippen LogP contribution >= 0.6 is 11.3 Å². The number of nitrogens with zero attached hydrogens (tertiary/aromatic N) is 3. The number of aromatic nitrogens is 1. The van der Waals surface area contributed by atoms with Crippen LogP contribution in [0.5, 0.6) is 0 Å². The van der Waals surface area contributed by atoms with E-state index in [2.05, 4.69) is 27.5 Å². The van der Waals surface area contributed by atoms with E-state index in [1.807, 2.05) is 4.90 Å². The van der Waals surface area contributed by atoms with Crippen LogP contribution in [0.2, 0.25) is 0 Å². The molecule has 0 radical (unpaired) electrons. The highest BCUT2D eigenvalue weighted by atomic mass is 32.1. The highest BCUT2D eigenvalue weighted by Crippen LogP contribution is 2.18. The lowest BCUT2D eigenvalue weighted by molar-refractivity contribution is -0.138. The molecule has 2 fully saturated rings. The fourth-order valence-electron chi connectivity index (χ4n) is 3.72. The summed E-state index contributed by atoms with van der Waals surface area (Å²) >= 11 is 1.66. The Balaban J connectivity index is 1.37. The molecule has 1 aromatic heterocycles. The Kier molecular flexibility index (Phi) is 8.24. The average molecular weight is 409 g/mol. The molecule has 0 bridgehead atoms. The number of hydrogen-bond donors (Lipinski definition) is 1. The molecule has 1 atom stereocenters. The lowest BCUT2D eigenvalue weighted by atomic mass is 9.96. The first kappa shape index (κ1) is 21.2.